The summed E-state index contributed by atoms with van der Waals surface area (Å²) in [5.41, 5.74) is 0. The van der Waals surface area contributed by atoms with Crippen LogP contribution in [-0.4, -0.2) is 83.8 Å². The molecule has 0 aliphatic carbocycles. The van der Waals surface area contributed by atoms with Crippen molar-refractivity contribution < 1.29 is 13.2 Å². The van der Waals surface area contributed by atoms with Crippen molar-refractivity contribution in [1.29, 1.82) is 0 Å². The van der Waals surface area contributed by atoms with E-state index in [4.69, 9.17) is 4.74 Å². The number of nitrogens with one attached hydrogen (secondary N) is 1. The van der Waals surface area contributed by atoms with Crippen LogP contribution >= 0.6 is 11.3 Å². The van der Waals surface area contributed by atoms with Crippen LogP contribution in [0.2, 0.25) is 0 Å². The third-order valence-electron chi connectivity index (χ3n) is 3.83. The molecule has 1 aliphatic rings. The van der Waals surface area contributed by atoms with E-state index in [0.29, 0.717) is 13.2 Å². The predicted molar refractivity (Wildman–Crippen MR) is 105 cm³/mol. The van der Waals surface area contributed by atoms with Gasteiger partial charge in [-0.2, -0.15) is 0 Å². The normalized spacial score (nSPS) is 16.3. The molecule has 1 N–H and O–H groups in total. The van der Waals surface area contributed by atoms with Crippen LogP contribution in [-0.2, 0) is 14.6 Å². The number of rotatable bonds is 8. The van der Waals surface area contributed by atoms with Crippen molar-refractivity contribution in [2.45, 2.75) is 6.92 Å². The van der Waals surface area contributed by atoms with Crippen LogP contribution in [0.1, 0.15) is 6.92 Å². The maximum Gasteiger partial charge on any atom is 0.194 e. The molecule has 0 saturated carbocycles. The molecule has 0 unspecified atom stereocenters. The van der Waals surface area contributed by atoms with E-state index in [1.165, 1.54) is 11.3 Å². The van der Waals surface area contributed by atoms with Crippen LogP contribution in [0.4, 0.5) is 5.00 Å². The molecule has 0 atom stereocenters. The van der Waals surface area contributed by atoms with Gasteiger partial charge in [0, 0.05) is 39.0 Å². The highest BCUT2D eigenvalue weighted by Crippen LogP contribution is 2.22. The molecular formula is C16H28N4O3S2. The Hall–Kier alpha value is -1.32. The number of thiophene rings is 1. The summed E-state index contributed by atoms with van der Waals surface area (Å²) in [7, 11) is -2.96. The smallest absolute Gasteiger partial charge is 0.194 e. The Morgan fingerprint density at radius 1 is 1.32 bits per heavy atom. The molecular weight excluding hydrogens is 360 g/mol. The zero-order valence-electron chi connectivity index (χ0n) is 15.0. The molecule has 1 aliphatic heterocycles. The molecule has 1 saturated heterocycles. The second kappa shape index (κ2) is 9.98. The van der Waals surface area contributed by atoms with Gasteiger partial charge in [-0.1, -0.05) is 0 Å². The van der Waals surface area contributed by atoms with Gasteiger partial charge in [-0.25, -0.2) is 8.42 Å². The van der Waals surface area contributed by atoms with Gasteiger partial charge < -0.3 is 19.9 Å². The number of hydrogen-bond acceptors (Lipinski definition) is 6. The molecule has 1 aromatic rings. The lowest BCUT2D eigenvalue weighted by atomic mass is 10.3. The first-order valence-electron chi connectivity index (χ1n) is 8.57. The summed E-state index contributed by atoms with van der Waals surface area (Å²) in [6.45, 7) is 7.88. The quantitative estimate of drug-likeness (QED) is 0.405. The summed E-state index contributed by atoms with van der Waals surface area (Å²) >= 11 is 1.77. The first-order chi connectivity index (χ1) is 12.0. The van der Waals surface area contributed by atoms with Crippen LogP contribution < -0.4 is 10.2 Å². The zero-order chi connectivity index (χ0) is 18.1. The van der Waals surface area contributed by atoms with Crippen molar-refractivity contribution in [2.24, 2.45) is 4.99 Å². The summed E-state index contributed by atoms with van der Waals surface area (Å²) in [5.74, 6) is 0.960. The number of guanidine groups is 1. The van der Waals surface area contributed by atoms with Gasteiger partial charge in [-0.3, -0.25) is 4.99 Å². The van der Waals surface area contributed by atoms with E-state index in [-0.39, 0.29) is 12.4 Å². The van der Waals surface area contributed by atoms with Gasteiger partial charge in [-0.05, 0) is 24.4 Å². The second-order valence-corrected chi connectivity index (χ2v) is 9.09. The fourth-order valence-electron chi connectivity index (χ4n) is 2.54. The Labute approximate surface area is 154 Å². The zero-order valence-corrected chi connectivity index (χ0v) is 16.6. The van der Waals surface area contributed by atoms with Crippen molar-refractivity contribution in [3.63, 3.8) is 0 Å². The molecule has 1 aromatic heterocycles. The average molecular weight is 389 g/mol. The predicted octanol–water partition coefficient (Wildman–Crippen LogP) is 0.897. The Kier molecular flexibility index (Phi) is 7.98. The topological polar surface area (TPSA) is 74.2 Å². The first-order valence-corrected chi connectivity index (χ1v) is 11.5. The van der Waals surface area contributed by atoms with Gasteiger partial charge in [0.2, 0.25) is 0 Å². The third kappa shape index (κ3) is 7.21. The van der Waals surface area contributed by atoms with E-state index in [9.17, 15) is 8.42 Å². The van der Waals surface area contributed by atoms with Gasteiger partial charge in [0.25, 0.3) is 0 Å². The lowest BCUT2D eigenvalue weighted by Crippen LogP contribution is -2.52. The van der Waals surface area contributed by atoms with E-state index in [1.807, 2.05) is 0 Å². The van der Waals surface area contributed by atoms with E-state index < -0.39 is 9.84 Å². The number of sulfone groups is 1. The van der Waals surface area contributed by atoms with Crippen LogP contribution in [0.5, 0.6) is 0 Å². The SMILES string of the molecule is CCNC(=NCCOCCS(C)(=O)=O)N1CCN(c2cccs2)CC1. The molecule has 0 amide bonds. The van der Waals surface area contributed by atoms with Crippen molar-refractivity contribution in [3.8, 4) is 0 Å². The summed E-state index contributed by atoms with van der Waals surface area (Å²) in [4.78, 5) is 9.27. The summed E-state index contributed by atoms with van der Waals surface area (Å²) in [6.07, 6.45) is 1.22. The van der Waals surface area contributed by atoms with Crippen LogP contribution in [0.25, 0.3) is 0 Å². The maximum atomic E-state index is 11.0. The molecule has 142 valence electrons. The van der Waals surface area contributed by atoms with Crippen LogP contribution in [0, 0.1) is 0 Å². The van der Waals surface area contributed by atoms with Gasteiger partial charge in [0.1, 0.15) is 9.84 Å². The summed E-state index contributed by atoms with van der Waals surface area (Å²) in [6, 6.07) is 4.25. The molecule has 2 rings (SSSR count). The van der Waals surface area contributed by atoms with Gasteiger partial charge in [0.05, 0.1) is 30.5 Å². The number of aliphatic imine (C=N–C) groups is 1. The molecule has 0 radical (unpaired) electrons. The van der Waals surface area contributed by atoms with E-state index in [0.717, 1.165) is 38.7 Å². The minimum absolute atomic E-state index is 0.0570. The highest BCUT2D eigenvalue weighted by atomic mass is 32.2. The highest BCUT2D eigenvalue weighted by Gasteiger charge is 2.20. The van der Waals surface area contributed by atoms with Crippen molar-refractivity contribution >= 4 is 32.1 Å². The third-order valence-corrected chi connectivity index (χ3v) is 5.66. The molecule has 0 spiro atoms. The number of piperazine rings is 1. The fourth-order valence-corrected chi connectivity index (χ4v) is 3.75. The largest absolute Gasteiger partial charge is 0.378 e. The van der Waals surface area contributed by atoms with Gasteiger partial charge in [-0.15, -0.1) is 11.3 Å². The average Bonchev–Trinajstić information content (AvgIpc) is 3.11. The number of ether oxygens (including phenoxy) is 1. The van der Waals surface area contributed by atoms with Crippen molar-refractivity contribution in [1.82, 2.24) is 10.2 Å². The minimum atomic E-state index is -2.96. The molecule has 1 fully saturated rings. The Morgan fingerprint density at radius 3 is 2.68 bits per heavy atom. The van der Waals surface area contributed by atoms with E-state index >= 15 is 0 Å². The molecule has 9 heteroatoms. The molecule has 0 bridgehead atoms. The lowest BCUT2D eigenvalue weighted by molar-refractivity contribution is 0.157. The standard InChI is InChI=1S/C16H28N4O3S2/c1-3-17-16(18-6-11-23-12-14-25(2,21)22)20-9-7-19(8-10-20)15-5-4-13-24-15/h4-5,13H,3,6-12,14H2,1-2H3,(H,17,18). The molecule has 2 heterocycles. The number of hydrogen-bond donors (Lipinski definition) is 1. The van der Waals surface area contributed by atoms with E-state index in [2.05, 4.69) is 44.5 Å². The summed E-state index contributed by atoms with van der Waals surface area (Å²) in [5, 5.41) is 6.75. The van der Waals surface area contributed by atoms with E-state index in [1.54, 1.807) is 11.3 Å². The van der Waals surface area contributed by atoms with Crippen molar-refractivity contribution in [3.05, 3.63) is 17.5 Å². The van der Waals surface area contributed by atoms with Crippen molar-refractivity contribution in [2.75, 3.05) is 69.4 Å². The number of anilines is 1. The highest BCUT2D eigenvalue weighted by molar-refractivity contribution is 7.90. The molecule has 7 nitrogen and oxygen atoms in total. The van der Waals surface area contributed by atoms with Crippen LogP contribution in [0.15, 0.2) is 22.5 Å². The Morgan fingerprint density at radius 2 is 2.08 bits per heavy atom. The second-order valence-electron chi connectivity index (χ2n) is 5.90. The minimum Gasteiger partial charge on any atom is -0.378 e. The van der Waals surface area contributed by atoms with Crippen LogP contribution in [0.3, 0.4) is 0 Å². The van der Waals surface area contributed by atoms with Gasteiger partial charge >= 0.3 is 0 Å². The number of nitrogens with zero attached hydrogens (tertiary/aromatic N) is 3. The monoisotopic (exact) mass is 388 g/mol. The summed E-state index contributed by atoms with van der Waals surface area (Å²) < 4.78 is 27.4. The maximum absolute atomic E-state index is 11.0. The van der Waals surface area contributed by atoms with Gasteiger partial charge in [0.15, 0.2) is 5.96 Å². The lowest BCUT2D eigenvalue weighted by Gasteiger charge is -2.37. The Balaban J connectivity index is 1.76. The fraction of sp³-hybridized carbons (Fsp3) is 0.688. The Bertz CT molecular complexity index is 624. The first kappa shape index (κ1) is 20.0. The molecule has 0 aromatic carbocycles. The molecule has 25 heavy (non-hydrogen) atoms.